The monoisotopic (exact) mass is 448 g/mol. The first kappa shape index (κ1) is 22.7. The van der Waals surface area contributed by atoms with Crippen molar-refractivity contribution in [2.45, 2.75) is 45.9 Å². The van der Waals surface area contributed by atoms with Crippen molar-refractivity contribution in [2.75, 3.05) is 25.5 Å². The number of H-pyrrole nitrogens is 1. The van der Waals surface area contributed by atoms with Gasteiger partial charge in [-0.2, -0.15) is 5.26 Å². The van der Waals surface area contributed by atoms with Crippen molar-refractivity contribution in [1.82, 2.24) is 19.4 Å². The highest BCUT2D eigenvalue weighted by atomic mass is 16.5. The number of para-hydroxylation sites is 1. The lowest BCUT2D eigenvalue weighted by atomic mass is 10.2. The first-order valence-corrected chi connectivity index (χ1v) is 11.0. The van der Waals surface area contributed by atoms with E-state index in [0.717, 1.165) is 30.7 Å². The van der Waals surface area contributed by atoms with E-state index in [1.807, 2.05) is 24.5 Å². The van der Waals surface area contributed by atoms with Gasteiger partial charge in [-0.15, -0.1) is 0 Å². The molecule has 1 aromatic carbocycles. The van der Waals surface area contributed by atoms with Gasteiger partial charge in [0.15, 0.2) is 0 Å². The Morgan fingerprint density at radius 2 is 2.18 bits per heavy atom. The van der Waals surface area contributed by atoms with Crippen molar-refractivity contribution in [2.24, 2.45) is 0 Å². The molecule has 0 unspecified atom stereocenters. The van der Waals surface area contributed by atoms with Gasteiger partial charge in [0.05, 0.1) is 42.2 Å². The van der Waals surface area contributed by atoms with Crippen LogP contribution in [0.5, 0.6) is 0 Å². The molecule has 1 atom stereocenters. The highest BCUT2D eigenvalue weighted by Crippen LogP contribution is 2.28. The van der Waals surface area contributed by atoms with Gasteiger partial charge in [0.2, 0.25) is 5.91 Å². The van der Waals surface area contributed by atoms with Crippen LogP contribution in [0.3, 0.4) is 0 Å². The van der Waals surface area contributed by atoms with E-state index in [1.165, 1.54) is 0 Å². The molecule has 0 radical (unpaired) electrons. The molecule has 0 spiro atoms. The first-order valence-electron chi connectivity index (χ1n) is 11.0. The minimum absolute atomic E-state index is 0.0740. The van der Waals surface area contributed by atoms with Crippen LogP contribution >= 0.6 is 0 Å². The van der Waals surface area contributed by atoms with Gasteiger partial charge in [0.25, 0.3) is 5.56 Å². The summed E-state index contributed by atoms with van der Waals surface area (Å²) >= 11 is 0. The summed E-state index contributed by atoms with van der Waals surface area (Å²) in [6.07, 6.45) is 2.06. The maximum Gasteiger partial charge on any atom is 0.258 e. The second-order valence-corrected chi connectivity index (χ2v) is 8.54. The zero-order chi connectivity index (χ0) is 23.5. The van der Waals surface area contributed by atoms with Crippen LogP contribution in [0.15, 0.2) is 29.1 Å². The SMILES string of the molecule is Cc1c(C#N)c(NC(=O)CN(C)Cc2nc3ccccc3c(=O)[nH]2)n(C[C@@H]2CCCO2)c1C. The van der Waals surface area contributed by atoms with Crippen molar-refractivity contribution in [3.63, 3.8) is 0 Å². The van der Waals surface area contributed by atoms with Crippen LogP contribution in [0.25, 0.3) is 10.9 Å². The maximum atomic E-state index is 12.9. The number of ether oxygens (including phenoxy) is 1. The number of hydrogen-bond donors (Lipinski definition) is 2. The largest absolute Gasteiger partial charge is 0.376 e. The van der Waals surface area contributed by atoms with E-state index in [4.69, 9.17) is 4.74 Å². The number of carbonyl (C=O) groups is 1. The number of carbonyl (C=O) groups excluding carboxylic acids is 1. The molecular weight excluding hydrogens is 420 g/mol. The molecule has 1 fully saturated rings. The predicted octanol–water partition coefficient (Wildman–Crippen LogP) is 2.46. The minimum atomic E-state index is -0.247. The summed E-state index contributed by atoms with van der Waals surface area (Å²) in [6, 6.07) is 9.37. The fourth-order valence-corrected chi connectivity index (χ4v) is 4.29. The summed E-state index contributed by atoms with van der Waals surface area (Å²) in [5.74, 6) is 0.752. The van der Waals surface area contributed by atoms with Crippen LogP contribution < -0.4 is 10.9 Å². The van der Waals surface area contributed by atoms with Crippen molar-refractivity contribution in [3.8, 4) is 6.07 Å². The fourth-order valence-electron chi connectivity index (χ4n) is 4.29. The summed E-state index contributed by atoms with van der Waals surface area (Å²) in [4.78, 5) is 34.2. The number of nitriles is 1. The molecule has 33 heavy (non-hydrogen) atoms. The average molecular weight is 449 g/mol. The lowest BCUT2D eigenvalue weighted by Gasteiger charge is -2.19. The second-order valence-electron chi connectivity index (χ2n) is 8.54. The summed E-state index contributed by atoms with van der Waals surface area (Å²) < 4.78 is 7.74. The first-order chi connectivity index (χ1) is 15.9. The van der Waals surface area contributed by atoms with E-state index in [9.17, 15) is 14.9 Å². The van der Waals surface area contributed by atoms with Crippen LogP contribution in [-0.2, 0) is 22.6 Å². The molecule has 3 heterocycles. The van der Waals surface area contributed by atoms with Crippen molar-refractivity contribution in [1.29, 1.82) is 5.26 Å². The highest BCUT2D eigenvalue weighted by molar-refractivity contribution is 5.93. The number of nitrogens with one attached hydrogen (secondary N) is 2. The third-order valence-corrected chi connectivity index (χ3v) is 6.10. The van der Waals surface area contributed by atoms with Crippen LogP contribution in [0, 0.1) is 25.2 Å². The Hall–Kier alpha value is -3.48. The number of nitrogens with zero attached hydrogens (tertiary/aromatic N) is 4. The number of fused-ring (bicyclic) bond motifs is 1. The van der Waals surface area contributed by atoms with Crippen molar-refractivity contribution >= 4 is 22.6 Å². The second kappa shape index (κ2) is 9.57. The van der Waals surface area contributed by atoms with E-state index in [0.29, 0.717) is 41.2 Å². The molecule has 1 aliphatic heterocycles. The van der Waals surface area contributed by atoms with Crippen LogP contribution in [0.4, 0.5) is 5.82 Å². The smallest absolute Gasteiger partial charge is 0.258 e. The molecule has 3 aromatic rings. The lowest BCUT2D eigenvalue weighted by Crippen LogP contribution is -2.32. The fraction of sp³-hybridized carbons (Fsp3) is 0.417. The third-order valence-electron chi connectivity index (χ3n) is 6.10. The minimum Gasteiger partial charge on any atom is -0.376 e. The van der Waals surface area contributed by atoms with E-state index >= 15 is 0 Å². The molecule has 172 valence electrons. The van der Waals surface area contributed by atoms with Crippen molar-refractivity contribution in [3.05, 3.63) is 57.3 Å². The van der Waals surface area contributed by atoms with Gasteiger partial charge < -0.3 is 19.6 Å². The van der Waals surface area contributed by atoms with Gasteiger partial charge in [0.1, 0.15) is 17.7 Å². The Morgan fingerprint density at radius 3 is 2.91 bits per heavy atom. The average Bonchev–Trinajstić information content (AvgIpc) is 3.36. The number of benzene rings is 1. The number of rotatable bonds is 7. The third kappa shape index (κ3) is 4.82. The quantitative estimate of drug-likeness (QED) is 0.574. The molecule has 0 aliphatic carbocycles. The normalized spacial score (nSPS) is 15.8. The van der Waals surface area contributed by atoms with E-state index in [1.54, 1.807) is 30.1 Å². The van der Waals surface area contributed by atoms with Gasteiger partial charge in [0, 0.05) is 12.3 Å². The molecule has 0 saturated carbocycles. The van der Waals surface area contributed by atoms with Gasteiger partial charge in [-0.1, -0.05) is 12.1 Å². The molecule has 9 heteroatoms. The lowest BCUT2D eigenvalue weighted by molar-refractivity contribution is -0.117. The number of aromatic nitrogens is 3. The molecule has 2 N–H and O–H groups in total. The zero-order valence-corrected chi connectivity index (χ0v) is 19.1. The Balaban J connectivity index is 1.48. The van der Waals surface area contributed by atoms with E-state index in [2.05, 4.69) is 21.4 Å². The zero-order valence-electron chi connectivity index (χ0n) is 19.1. The highest BCUT2D eigenvalue weighted by Gasteiger charge is 2.24. The van der Waals surface area contributed by atoms with Gasteiger partial charge >= 0.3 is 0 Å². The van der Waals surface area contributed by atoms with Crippen molar-refractivity contribution < 1.29 is 9.53 Å². The Kier molecular flexibility index (Phi) is 6.58. The Labute approximate surface area is 192 Å². The molecule has 9 nitrogen and oxygen atoms in total. The standard InChI is InChI=1S/C24H28N6O3/c1-15-16(2)30(12-17-7-6-10-33-17)23(19(15)11-25)28-22(31)14-29(3)13-21-26-20-9-5-4-8-18(20)24(32)27-21/h4-5,8-9,17H,6-7,10,12-14H2,1-3H3,(H,28,31)(H,26,27,32)/t17-/m0/s1. The topological polar surface area (TPSA) is 116 Å². The van der Waals surface area contributed by atoms with Crippen LogP contribution in [0.1, 0.15) is 35.5 Å². The Morgan fingerprint density at radius 1 is 1.39 bits per heavy atom. The molecule has 1 saturated heterocycles. The van der Waals surface area contributed by atoms with Crippen LogP contribution in [-0.4, -0.2) is 51.6 Å². The Bertz CT molecular complexity index is 1280. The van der Waals surface area contributed by atoms with Gasteiger partial charge in [-0.3, -0.25) is 14.5 Å². The summed E-state index contributed by atoms with van der Waals surface area (Å²) in [5, 5.41) is 13.2. The summed E-state index contributed by atoms with van der Waals surface area (Å²) in [7, 11) is 1.78. The van der Waals surface area contributed by atoms with E-state index in [-0.39, 0.29) is 24.1 Å². The molecule has 0 bridgehead atoms. The van der Waals surface area contributed by atoms with E-state index < -0.39 is 0 Å². The number of hydrogen-bond acceptors (Lipinski definition) is 6. The number of likely N-dealkylation sites (N-methyl/N-ethyl adjacent to an activating group) is 1. The number of amides is 1. The summed E-state index contributed by atoms with van der Waals surface area (Å²) in [6.45, 7) is 5.56. The number of anilines is 1. The summed E-state index contributed by atoms with van der Waals surface area (Å²) in [5.41, 5.74) is 2.69. The molecule has 2 aromatic heterocycles. The van der Waals surface area contributed by atoms with Crippen LogP contribution in [0.2, 0.25) is 0 Å². The predicted molar refractivity (Wildman–Crippen MR) is 125 cm³/mol. The molecular formula is C24H28N6O3. The molecule has 1 aliphatic rings. The molecule has 1 amide bonds. The molecule has 4 rings (SSSR count). The van der Waals surface area contributed by atoms with Gasteiger partial charge in [-0.25, -0.2) is 4.98 Å². The maximum absolute atomic E-state index is 12.9. The number of aromatic amines is 1. The van der Waals surface area contributed by atoms with Gasteiger partial charge in [-0.05, 0) is 51.4 Å².